The Morgan fingerprint density at radius 1 is 1.20 bits per heavy atom. The summed E-state index contributed by atoms with van der Waals surface area (Å²) in [7, 11) is 0. The van der Waals surface area contributed by atoms with Gasteiger partial charge in [-0.1, -0.05) is 45.0 Å². The Morgan fingerprint density at radius 2 is 1.75 bits per heavy atom. The van der Waals surface area contributed by atoms with Crippen molar-refractivity contribution in [3.63, 3.8) is 0 Å². The standard InChI is InChI=1S/C16H24O4/c1-5-20-14(18)10-13(17)15(19)11-6-8-12(9-7-11)16(2,3)4/h6-9,13,15,17,19H,5,10H2,1-4H3. The van der Waals surface area contributed by atoms with Crippen LogP contribution in [0.15, 0.2) is 24.3 Å². The van der Waals surface area contributed by atoms with Gasteiger partial charge in [0.25, 0.3) is 0 Å². The van der Waals surface area contributed by atoms with Gasteiger partial charge >= 0.3 is 5.97 Å². The molecule has 2 atom stereocenters. The number of rotatable bonds is 5. The molecular weight excluding hydrogens is 256 g/mol. The van der Waals surface area contributed by atoms with Crippen LogP contribution in [0.2, 0.25) is 0 Å². The molecule has 112 valence electrons. The summed E-state index contributed by atoms with van der Waals surface area (Å²) in [6.07, 6.45) is -2.46. The van der Waals surface area contributed by atoms with Gasteiger partial charge in [-0.3, -0.25) is 4.79 Å². The van der Waals surface area contributed by atoms with Crippen LogP contribution in [0.3, 0.4) is 0 Å². The summed E-state index contributed by atoms with van der Waals surface area (Å²) in [6.45, 7) is 8.28. The number of carbonyl (C=O) groups is 1. The fourth-order valence-corrected chi connectivity index (χ4v) is 1.90. The predicted octanol–water partition coefficient (Wildman–Crippen LogP) is 2.33. The van der Waals surface area contributed by atoms with Crippen LogP contribution < -0.4 is 0 Å². The van der Waals surface area contributed by atoms with E-state index in [1.54, 1.807) is 19.1 Å². The molecule has 0 fully saturated rings. The van der Waals surface area contributed by atoms with Gasteiger partial charge in [-0.2, -0.15) is 0 Å². The number of esters is 1. The van der Waals surface area contributed by atoms with Crippen LogP contribution >= 0.6 is 0 Å². The van der Waals surface area contributed by atoms with Gasteiger partial charge in [0.15, 0.2) is 0 Å². The molecule has 0 saturated heterocycles. The monoisotopic (exact) mass is 280 g/mol. The lowest BCUT2D eigenvalue weighted by atomic mass is 9.86. The van der Waals surface area contributed by atoms with E-state index in [0.717, 1.165) is 5.56 Å². The lowest BCUT2D eigenvalue weighted by Crippen LogP contribution is -2.23. The van der Waals surface area contributed by atoms with E-state index in [9.17, 15) is 15.0 Å². The topological polar surface area (TPSA) is 66.8 Å². The van der Waals surface area contributed by atoms with Crippen LogP contribution in [0.25, 0.3) is 0 Å². The fourth-order valence-electron chi connectivity index (χ4n) is 1.90. The lowest BCUT2D eigenvalue weighted by molar-refractivity contribution is -0.147. The predicted molar refractivity (Wildman–Crippen MR) is 77.4 cm³/mol. The molecule has 0 aromatic heterocycles. The van der Waals surface area contributed by atoms with Gasteiger partial charge in [0.1, 0.15) is 6.10 Å². The number of carbonyl (C=O) groups excluding carboxylic acids is 1. The number of benzene rings is 1. The molecule has 4 nitrogen and oxygen atoms in total. The van der Waals surface area contributed by atoms with Crippen LogP contribution in [0, 0.1) is 0 Å². The molecule has 0 heterocycles. The third-order valence-corrected chi connectivity index (χ3v) is 3.16. The second kappa shape index (κ2) is 6.86. The normalized spacial score (nSPS) is 14.7. The molecule has 0 saturated carbocycles. The Bertz CT molecular complexity index is 431. The minimum Gasteiger partial charge on any atom is -0.466 e. The number of hydrogen-bond acceptors (Lipinski definition) is 4. The Balaban J connectivity index is 2.72. The van der Waals surface area contributed by atoms with E-state index >= 15 is 0 Å². The van der Waals surface area contributed by atoms with Gasteiger partial charge in [-0.15, -0.1) is 0 Å². The summed E-state index contributed by atoms with van der Waals surface area (Å²) >= 11 is 0. The van der Waals surface area contributed by atoms with Crippen molar-refractivity contribution in [2.24, 2.45) is 0 Å². The van der Waals surface area contributed by atoms with Crippen molar-refractivity contribution in [3.8, 4) is 0 Å². The largest absolute Gasteiger partial charge is 0.466 e. The molecular formula is C16H24O4. The zero-order valence-corrected chi connectivity index (χ0v) is 12.6. The van der Waals surface area contributed by atoms with E-state index in [0.29, 0.717) is 5.56 Å². The molecule has 2 N–H and O–H groups in total. The lowest BCUT2D eigenvalue weighted by Gasteiger charge is -2.21. The highest BCUT2D eigenvalue weighted by atomic mass is 16.5. The van der Waals surface area contributed by atoms with E-state index in [4.69, 9.17) is 4.74 Å². The zero-order valence-electron chi connectivity index (χ0n) is 12.6. The molecule has 20 heavy (non-hydrogen) atoms. The summed E-state index contributed by atoms with van der Waals surface area (Å²) in [5.74, 6) is -0.509. The Labute approximate surface area is 120 Å². The van der Waals surface area contributed by atoms with Crippen molar-refractivity contribution < 1.29 is 19.7 Å². The first-order valence-corrected chi connectivity index (χ1v) is 6.88. The number of aliphatic hydroxyl groups is 2. The summed E-state index contributed by atoms with van der Waals surface area (Å²) in [5, 5.41) is 19.9. The minimum absolute atomic E-state index is 0.0348. The average molecular weight is 280 g/mol. The van der Waals surface area contributed by atoms with Crippen molar-refractivity contribution >= 4 is 5.97 Å². The van der Waals surface area contributed by atoms with Crippen LogP contribution in [-0.2, 0) is 14.9 Å². The maximum absolute atomic E-state index is 11.3. The molecule has 0 amide bonds. The number of ether oxygens (including phenoxy) is 1. The molecule has 0 bridgehead atoms. The Hall–Kier alpha value is -1.39. The maximum Gasteiger partial charge on any atom is 0.308 e. The summed E-state index contributed by atoms with van der Waals surface area (Å²) in [5.41, 5.74) is 1.77. The molecule has 0 aliphatic heterocycles. The maximum atomic E-state index is 11.3. The highest BCUT2D eigenvalue weighted by Gasteiger charge is 2.22. The van der Waals surface area contributed by atoms with Gasteiger partial charge in [-0.25, -0.2) is 0 Å². The van der Waals surface area contributed by atoms with Crippen molar-refractivity contribution in [3.05, 3.63) is 35.4 Å². The molecule has 0 radical (unpaired) electrons. The number of hydrogen-bond donors (Lipinski definition) is 2. The van der Waals surface area contributed by atoms with Gasteiger partial charge in [0.2, 0.25) is 0 Å². The first-order chi connectivity index (χ1) is 9.25. The van der Waals surface area contributed by atoms with Crippen LogP contribution in [0.1, 0.15) is 51.3 Å². The van der Waals surface area contributed by atoms with Crippen molar-refractivity contribution in [2.45, 2.75) is 51.7 Å². The number of aliphatic hydroxyl groups excluding tert-OH is 2. The first-order valence-electron chi connectivity index (χ1n) is 6.88. The average Bonchev–Trinajstić information content (AvgIpc) is 2.37. The van der Waals surface area contributed by atoms with Crippen molar-refractivity contribution in [2.75, 3.05) is 6.61 Å². The molecule has 2 unspecified atom stereocenters. The summed E-state index contributed by atoms with van der Waals surface area (Å²) < 4.78 is 4.75. The third-order valence-electron chi connectivity index (χ3n) is 3.16. The Kier molecular flexibility index (Phi) is 5.72. The van der Waals surface area contributed by atoms with E-state index < -0.39 is 18.2 Å². The van der Waals surface area contributed by atoms with E-state index in [2.05, 4.69) is 20.8 Å². The summed E-state index contributed by atoms with van der Waals surface area (Å²) in [4.78, 5) is 11.3. The quantitative estimate of drug-likeness (QED) is 0.812. The third kappa shape index (κ3) is 4.62. The smallest absolute Gasteiger partial charge is 0.308 e. The summed E-state index contributed by atoms with van der Waals surface area (Å²) in [6, 6.07) is 7.41. The molecule has 4 heteroatoms. The van der Waals surface area contributed by atoms with Gasteiger partial charge in [0, 0.05) is 0 Å². The molecule has 1 rings (SSSR count). The van der Waals surface area contributed by atoms with Gasteiger partial charge < -0.3 is 14.9 Å². The first kappa shape index (κ1) is 16.7. The van der Waals surface area contributed by atoms with Crippen molar-refractivity contribution in [1.82, 2.24) is 0 Å². The van der Waals surface area contributed by atoms with E-state index in [-0.39, 0.29) is 18.4 Å². The molecule has 0 aliphatic carbocycles. The molecule has 1 aromatic rings. The van der Waals surface area contributed by atoms with E-state index in [1.165, 1.54) is 0 Å². The van der Waals surface area contributed by atoms with Gasteiger partial charge in [0.05, 0.1) is 19.1 Å². The second-order valence-electron chi connectivity index (χ2n) is 5.89. The Morgan fingerprint density at radius 3 is 2.20 bits per heavy atom. The fraction of sp³-hybridized carbons (Fsp3) is 0.562. The SMILES string of the molecule is CCOC(=O)CC(O)C(O)c1ccc(C(C)(C)C)cc1. The molecule has 0 spiro atoms. The molecule has 0 aliphatic rings. The highest BCUT2D eigenvalue weighted by molar-refractivity contribution is 5.70. The second-order valence-corrected chi connectivity index (χ2v) is 5.89. The van der Waals surface area contributed by atoms with Crippen LogP contribution in [0.4, 0.5) is 0 Å². The van der Waals surface area contributed by atoms with E-state index in [1.807, 2.05) is 12.1 Å². The van der Waals surface area contributed by atoms with Crippen molar-refractivity contribution in [1.29, 1.82) is 0 Å². The van der Waals surface area contributed by atoms with Gasteiger partial charge in [-0.05, 0) is 23.5 Å². The highest BCUT2D eigenvalue weighted by Crippen LogP contribution is 2.25. The van der Waals surface area contributed by atoms with Crippen LogP contribution in [-0.4, -0.2) is 28.9 Å². The van der Waals surface area contributed by atoms with Crippen LogP contribution in [0.5, 0.6) is 0 Å². The minimum atomic E-state index is -1.16. The molecule has 1 aromatic carbocycles. The zero-order chi connectivity index (χ0) is 15.3.